The maximum Gasteiger partial charge on any atom is 0.433 e. The first kappa shape index (κ1) is 23.9. The Kier molecular flexibility index (Phi) is 6.28. The van der Waals surface area contributed by atoms with Crippen LogP contribution >= 0.6 is 0 Å². The van der Waals surface area contributed by atoms with Crippen LogP contribution in [0.3, 0.4) is 0 Å². The van der Waals surface area contributed by atoms with Crippen LogP contribution in [0.15, 0.2) is 54.9 Å². The van der Waals surface area contributed by atoms with Crippen LogP contribution in [-0.2, 0) is 11.0 Å². The highest BCUT2D eigenvalue weighted by Gasteiger charge is 2.33. The normalized spacial score (nSPS) is 12.1. The molecule has 0 aliphatic rings. The van der Waals surface area contributed by atoms with Gasteiger partial charge in [0, 0.05) is 30.6 Å². The van der Waals surface area contributed by atoms with Crippen molar-refractivity contribution in [1.29, 1.82) is 0 Å². The lowest BCUT2D eigenvalue weighted by molar-refractivity contribution is -0.142. The topological polar surface area (TPSA) is 97.1 Å². The number of hydrogen-bond donors (Lipinski definition) is 2. The lowest BCUT2D eigenvalue weighted by Crippen LogP contribution is -2.17. The number of nitrogens with zero attached hydrogens (tertiary/aromatic N) is 5. The minimum Gasteiger partial charge on any atom is -0.338 e. The summed E-state index contributed by atoms with van der Waals surface area (Å²) in [6.07, 6.45) is -8.25. The van der Waals surface area contributed by atoms with Crippen molar-refractivity contribution in [2.24, 2.45) is 0 Å². The lowest BCUT2D eigenvalue weighted by Gasteiger charge is -2.12. The Hall–Kier alpha value is -4.23. The molecule has 2 N–H and O–H groups in total. The molecule has 0 fully saturated rings. The number of alkyl halides is 6. The second-order valence-corrected chi connectivity index (χ2v) is 7.25. The van der Waals surface area contributed by atoms with E-state index >= 15 is 0 Å². The van der Waals surface area contributed by atoms with E-state index in [1.54, 1.807) is 18.3 Å². The van der Waals surface area contributed by atoms with Crippen molar-refractivity contribution in [2.45, 2.75) is 25.2 Å². The lowest BCUT2D eigenvalue weighted by atomic mass is 10.3. The largest absolute Gasteiger partial charge is 0.433 e. The second kappa shape index (κ2) is 9.19. The fourth-order valence-electron chi connectivity index (χ4n) is 3.03. The highest BCUT2D eigenvalue weighted by atomic mass is 19.4. The summed E-state index contributed by atoms with van der Waals surface area (Å²) < 4.78 is 77.6. The highest BCUT2D eigenvalue weighted by molar-refractivity contribution is 5.90. The minimum absolute atomic E-state index is 0.00222. The van der Waals surface area contributed by atoms with Gasteiger partial charge in [-0.1, -0.05) is 6.07 Å². The first-order valence-electron chi connectivity index (χ1n) is 9.98. The van der Waals surface area contributed by atoms with Gasteiger partial charge in [-0.2, -0.15) is 26.3 Å². The summed E-state index contributed by atoms with van der Waals surface area (Å²) in [5, 5.41) is 9.45. The van der Waals surface area contributed by atoms with E-state index in [1.165, 1.54) is 35.0 Å². The third-order valence-electron chi connectivity index (χ3n) is 4.59. The maximum absolute atomic E-state index is 13.1. The van der Waals surface area contributed by atoms with Gasteiger partial charge in [-0.3, -0.25) is 4.79 Å². The van der Waals surface area contributed by atoms with Gasteiger partial charge in [0.15, 0.2) is 5.82 Å². The van der Waals surface area contributed by atoms with Gasteiger partial charge in [0.1, 0.15) is 22.7 Å². The summed E-state index contributed by atoms with van der Waals surface area (Å²) in [4.78, 5) is 23.6. The Labute approximate surface area is 193 Å². The van der Waals surface area contributed by atoms with Crippen LogP contribution < -0.4 is 10.6 Å². The van der Waals surface area contributed by atoms with Crippen LogP contribution in [0.2, 0.25) is 0 Å². The number of carbonyl (C=O) groups excluding carboxylic acids is 1. The SMILES string of the molecule is O=C(CCC(F)(F)F)Nc1cc(Nc2nc(-c3cccc(C(F)(F)F)n3)nn3cccc23)ccn1. The van der Waals surface area contributed by atoms with Gasteiger partial charge in [-0.25, -0.2) is 19.5 Å². The van der Waals surface area contributed by atoms with Crippen LogP contribution in [0.5, 0.6) is 0 Å². The third kappa shape index (κ3) is 6.02. The molecule has 0 saturated heterocycles. The van der Waals surface area contributed by atoms with Crippen LogP contribution in [-0.4, -0.2) is 36.6 Å². The van der Waals surface area contributed by atoms with Gasteiger partial charge >= 0.3 is 12.4 Å². The molecule has 4 aromatic heterocycles. The van der Waals surface area contributed by atoms with Gasteiger partial charge < -0.3 is 10.6 Å². The number of fused-ring (bicyclic) bond motifs is 1. The molecule has 14 heteroatoms. The summed E-state index contributed by atoms with van der Waals surface area (Å²) in [7, 11) is 0. The molecular formula is C21H15F6N7O. The minimum atomic E-state index is -4.65. The molecular weight excluding hydrogens is 480 g/mol. The van der Waals surface area contributed by atoms with Crippen LogP contribution in [0.4, 0.5) is 43.7 Å². The maximum atomic E-state index is 13.1. The number of amides is 1. The number of pyridine rings is 2. The van der Waals surface area contributed by atoms with E-state index in [0.29, 0.717) is 11.2 Å². The standard InChI is InChI=1S/C21H15F6N7O/c22-20(23,24)8-6-17(35)31-16-11-12(7-9-28-16)29-19-14-4-2-10-34(14)33-18(32-19)13-3-1-5-15(30-13)21(25,26)27/h1-5,7,9-11H,6,8H2,(H2,28,29,31,32,33,35). The zero-order chi connectivity index (χ0) is 25.2. The summed E-state index contributed by atoms with van der Waals surface area (Å²) in [5.74, 6) is -0.736. The van der Waals surface area contributed by atoms with Gasteiger partial charge in [-0.05, 0) is 30.3 Å². The van der Waals surface area contributed by atoms with Crippen molar-refractivity contribution in [3.8, 4) is 11.5 Å². The molecule has 4 aromatic rings. The van der Waals surface area contributed by atoms with E-state index in [0.717, 1.165) is 6.07 Å². The molecule has 0 bridgehead atoms. The number of anilines is 3. The number of carbonyl (C=O) groups is 1. The Bertz CT molecular complexity index is 1370. The summed E-state index contributed by atoms with van der Waals surface area (Å²) >= 11 is 0. The molecule has 182 valence electrons. The third-order valence-corrected chi connectivity index (χ3v) is 4.59. The van der Waals surface area contributed by atoms with Gasteiger partial charge in [0.2, 0.25) is 11.7 Å². The van der Waals surface area contributed by atoms with E-state index in [9.17, 15) is 31.1 Å². The zero-order valence-corrected chi connectivity index (χ0v) is 17.5. The molecule has 0 spiro atoms. The smallest absolute Gasteiger partial charge is 0.338 e. The fraction of sp³-hybridized carbons (Fsp3) is 0.190. The molecule has 0 aliphatic heterocycles. The first-order chi connectivity index (χ1) is 16.5. The monoisotopic (exact) mass is 495 g/mol. The molecule has 35 heavy (non-hydrogen) atoms. The molecule has 0 unspecified atom stereocenters. The Morgan fingerprint density at radius 2 is 1.80 bits per heavy atom. The molecule has 4 heterocycles. The average molecular weight is 495 g/mol. The van der Waals surface area contributed by atoms with E-state index in [4.69, 9.17) is 0 Å². The zero-order valence-electron chi connectivity index (χ0n) is 17.5. The van der Waals surface area contributed by atoms with Gasteiger partial charge in [-0.15, -0.1) is 5.10 Å². The quantitative estimate of drug-likeness (QED) is 0.356. The number of rotatable bonds is 6. The van der Waals surface area contributed by atoms with Gasteiger partial charge in [0.25, 0.3) is 0 Å². The predicted octanol–water partition coefficient (Wildman–Crippen LogP) is 5.23. The highest BCUT2D eigenvalue weighted by Crippen LogP contribution is 2.30. The van der Waals surface area contributed by atoms with Crippen LogP contribution in [0.1, 0.15) is 18.5 Å². The Balaban J connectivity index is 1.60. The molecule has 0 aliphatic carbocycles. The van der Waals surface area contributed by atoms with Crippen LogP contribution in [0, 0.1) is 0 Å². The summed E-state index contributed by atoms with van der Waals surface area (Å²) in [6, 6.07) is 9.55. The first-order valence-corrected chi connectivity index (χ1v) is 9.98. The molecule has 1 amide bonds. The number of hydrogen-bond acceptors (Lipinski definition) is 6. The van der Waals surface area contributed by atoms with Crippen molar-refractivity contribution in [3.63, 3.8) is 0 Å². The van der Waals surface area contributed by atoms with Crippen LogP contribution in [0.25, 0.3) is 17.0 Å². The van der Waals surface area contributed by atoms with Gasteiger partial charge in [0.05, 0.1) is 6.42 Å². The van der Waals surface area contributed by atoms with Crippen molar-refractivity contribution in [1.82, 2.24) is 24.6 Å². The fourth-order valence-corrected chi connectivity index (χ4v) is 3.03. The molecule has 0 aromatic carbocycles. The molecule has 4 rings (SSSR count). The van der Waals surface area contributed by atoms with E-state index in [2.05, 4.69) is 30.7 Å². The molecule has 8 nitrogen and oxygen atoms in total. The number of halogens is 6. The number of aromatic nitrogens is 5. The van der Waals surface area contributed by atoms with Crippen molar-refractivity contribution < 1.29 is 31.1 Å². The summed E-state index contributed by atoms with van der Waals surface area (Å²) in [5.41, 5.74) is -0.365. The second-order valence-electron chi connectivity index (χ2n) is 7.25. The predicted molar refractivity (Wildman–Crippen MR) is 113 cm³/mol. The molecule has 0 radical (unpaired) electrons. The van der Waals surface area contributed by atoms with E-state index < -0.39 is 36.8 Å². The molecule has 0 saturated carbocycles. The Morgan fingerprint density at radius 3 is 2.54 bits per heavy atom. The average Bonchev–Trinajstić information content (AvgIpc) is 3.26. The van der Waals surface area contributed by atoms with E-state index in [-0.39, 0.29) is 23.2 Å². The van der Waals surface area contributed by atoms with E-state index in [1.807, 2.05) is 0 Å². The number of nitrogens with one attached hydrogen (secondary N) is 2. The van der Waals surface area contributed by atoms with Crippen molar-refractivity contribution in [3.05, 3.63) is 60.6 Å². The summed E-state index contributed by atoms with van der Waals surface area (Å²) in [6.45, 7) is 0. The molecule has 0 atom stereocenters. The van der Waals surface area contributed by atoms with Crippen molar-refractivity contribution in [2.75, 3.05) is 10.6 Å². The Morgan fingerprint density at radius 1 is 1.00 bits per heavy atom. The van der Waals surface area contributed by atoms with Crippen molar-refractivity contribution >= 4 is 28.7 Å².